The standard InChI is InChI=1S/C16H17NO3/c18-10-16-14(19)9-15(20-16)13-8-4-7-12(17-13)11-5-2-1-3-6-11/h1-8,14-16,18-19H,9-10H2/t14-,15+,16+/m0/s1. The number of aliphatic hydroxyl groups is 2. The molecule has 0 aliphatic carbocycles. The summed E-state index contributed by atoms with van der Waals surface area (Å²) in [5, 5.41) is 18.9. The van der Waals surface area contributed by atoms with Crippen molar-refractivity contribution in [1.29, 1.82) is 0 Å². The maximum absolute atomic E-state index is 9.79. The van der Waals surface area contributed by atoms with Crippen LogP contribution in [0.1, 0.15) is 18.2 Å². The van der Waals surface area contributed by atoms with Crippen LogP contribution in [0.15, 0.2) is 48.5 Å². The highest BCUT2D eigenvalue weighted by Gasteiger charge is 2.34. The Morgan fingerprint density at radius 2 is 1.90 bits per heavy atom. The van der Waals surface area contributed by atoms with Crippen LogP contribution in [0.2, 0.25) is 0 Å². The van der Waals surface area contributed by atoms with Crippen LogP contribution in [0.25, 0.3) is 11.3 Å². The van der Waals surface area contributed by atoms with E-state index in [4.69, 9.17) is 9.84 Å². The lowest BCUT2D eigenvalue weighted by molar-refractivity contribution is -0.0235. The lowest BCUT2D eigenvalue weighted by Gasteiger charge is -2.12. The maximum Gasteiger partial charge on any atom is 0.107 e. The topological polar surface area (TPSA) is 62.6 Å². The molecule has 0 saturated carbocycles. The summed E-state index contributed by atoms with van der Waals surface area (Å²) in [6.07, 6.45) is -0.934. The van der Waals surface area contributed by atoms with E-state index < -0.39 is 12.2 Å². The van der Waals surface area contributed by atoms with Gasteiger partial charge in [0.1, 0.15) is 12.2 Å². The second kappa shape index (κ2) is 5.71. The third-order valence-electron chi connectivity index (χ3n) is 3.57. The van der Waals surface area contributed by atoms with E-state index in [-0.39, 0.29) is 12.7 Å². The largest absolute Gasteiger partial charge is 0.394 e. The molecule has 2 N–H and O–H groups in total. The summed E-state index contributed by atoms with van der Waals surface area (Å²) in [5.74, 6) is 0. The van der Waals surface area contributed by atoms with Crippen LogP contribution in [-0.2, 0) is 4.74 Å². The smallest absolute Gasteiger partial charge is 0.107 e. The van der Waals surface area contributed by atoms with Crippen molar-refractivity contribution in [2.45, 2.75) is 24.7 Å². The van der Waals surface area contributed by atoms with E-state index in [0.29, 0.717) is 6.42 Å². The number of hydrogen-bond donors (Lipinski definition) is 2. The van der Waals surface area contributed by atoms with Crippen LogP contribution < -0.4 is 0 Å². The van der Waals surface area contributed by atoms with E-state index in [1.54, 1.807) is 0 Å². The van der Waals surface area contributed by atoms with Gasteiger partial charge in [0.2, 0.25) is 0 Å². The number of rotatable bonds is 3. The SMILES string of the molecule is OC[C@H]1O[C@@H](c2cccc(-c3ccccc3)n2)C[C@@H]1O. The molecule has 2 aromatic rings. The average molecular weight is 271 g/mol. The lowest BCUT2D eigenvalue weighted by Crippen LogP contribution is -2.24. The minimum atomic E-state index is -0.632. The zero-order valence-electron chi connectivity index (χ0n) is 11.0. The minimum Gasteiger partial charge on any atom is -0.394 e. The third kappa shape index (κ3) is 2.58. The molecule has 3 rings (SSSR count). The van der Waals surface area contributed by atoms with Gasteiger partial charge >= 0.3 is 0 Å². The Hall–Kier alpha value is -1.75. The molecule has 4 heteroatoms. The molecule has 0 bridgehead atoms. The van der Waals surface area contributed by atoms with Gasteiger partial charge in [0.15, 0.2) is 0 Å². The van der Waals surface area contributed by atoms with Gasteiger partial charge in [-0.1, -0.05) is 36.4 Å². The molecule has 104 valence electrons. The van der Waals surface area contributed by atoms with Crippen LogP contribution >= 0.6 is 0 Å². The summed E-state index contributed by atoms with van der Waals surface area (Å²) >= 11 is 0. The highest BCUT2D eigenvalue weighted by Crippen LogP contribution is 2.32. The molecular formula is C16H17NO3. The molecule has 2 heterocycles. The second-order valence-electron chi connectivity index (χ2n) is 4.96. The number of aliphatic hydroxyl groups excluding tert-OH is 2. The maximum atomic E-state index is 9.79. The molecule has 0 spiro atoms. The van der Waals surface area contributed by atoms with E-state index in [0.717, 1.165) is 17.0 Å². The highest BCUT2D eigenvalue weighted by molar-refractivity contribution is 5.58. The van der Waals surface area contributed by atoms with Crippen molar-refractivity contribution in [3.05, 3.63) is 54.2 Å². The van der Waals surface area contributed by atoms with Crippen molar-refractivity contribution in [1.82, 2.24) is 4.98 Å². The molecule has 3 atom stereocenters. The van der Waals surface area contributed by atoms with Gasteiger partial charge in [-0.2, -0.15) is 0 Å². The fourth-order valence-electron chi connectivity index (χ4n) is 2.48. The van der Waals surface area contributed by atoms with Crippen molar-refractivity contribution in [3.8, 4) is 11.3 Å². The quantitative estimate of drug-likeness (QED) is 0.895. The molecule has 1 aromatic heterocycles. The lowest BCUT2D eigenvalue weighted by atomic mass is 10.1. The Kier molecular flexibility index (Phi) is 3.78. The second-order valence-corrected chi connectivity index (χ2v) is 4.96. The van der Waals surface area contributed by atoms with Gasteiger partial charge in [-0.3, -0.25) is 4.98 Å². The van der Waals surface area contributed by atoms with Crippen LogP contribution in [0, 0.1) is 0 Å². The summed E-state index contributed by atoms with van der Waals surface area (Å²) in [6.45, 7) is -0.171. The molecule has 0 unspecified atom stereocenters. The van der Waals surface area contributed by atoms with Gasteiger partial charge in [0.05, 0.1) is 24.1 Å². The van der Waals surface area contributed by atoms with Gasteiger partial charge in [0, 0.05) is 12.0 Å². The molecule has 1 aromatic carbocycles. The number of pyridine rings is 1. The molecule has 0 radical (unpaired) electrons. The van der Waals surface area contributed by atoms with E-state index in [1.165, 1.54) is 0 Å². The molecule has 1 aliphatic heterocycles. The van der Waals surface area contributed by atoms with Gasteiger partial charge < -0.3 is 14.9 Å². The Bertz CT molecular complexity index is 573. The Morgan fingerprint density at radius 3 is 2.60 bits per heavy atom. The van der Waals surface area contributed by atoms with Crippen LogP contribution in [-0.4, -0.2) is 34.0 Å². The van der Waals surface area contributed by atoms with E-state index in [9.17, 15) is 5.11 Å². The summed E-state index contributed by atoms with van der Waals surface area (Å²) < 4.78 is 5.64. The normalized spacial score (nSPS) is 25.8. The van der Waals surface area contributed by atoms with Crippen LogP contribution in [0.3, 0.4) is 0 Å². The first-order valence-electron chi connectivity index (χ1n) is 6.74. The zero-order valence-corrected chi connectivity index (χ0v) is 11.0. The molecule has 20 heavy (non-hydrogen) atoms. The number of nitrogens with zero attached hydrogens (tertiary/aromatic N) is 1. The highest BCUT2D eigenvalue weighted by atomic mass is 16.5. The van der Waals surface area contributed by atoms with Gasteiger partial charge in [-0.25, -0.2) is 0 Å². The summed E-state index contributed by atoms with van der Waals surface area (Å²) in [6, 6.07) is 15.7. The molecular weight excluding hydrogens is 254 g/mol. The molecule has 1 saturated heterocycles. The predicted molar refractivity (Wildman–Crippen MR) is 75.0 cm³/mol. The fourth-order valence-corrected chi connectivity index (χ4v) is 2.48. The van der Waals surface area contributed by atoms with Crippen molar-refractivity contribution in [2.24, 2.45) is 0 Å². The van der Waals surface area contributed by atoms with E-state index in [2.05, 4.69) is 4.98 Å². The first-order valence-corrected chi connectivity index (χ1v) is 6.74. The molecule has 1 aliphatic rings. The van der Waals surface area contributed by atoms with Crippen molar-refractivity contribution >= 4 is 0 Å². The summed E-state index contributed by atoms with van der Waals surface area (Å²) in [7, 11) is 0. The van der Waals surface area contributed by atoms with Crippen LogP contribution in [0.5, 0.6) is 0 Å². The number of benzene rings is 1. The van der Waals surface area contributed by atoms with Gasteiger partial charge in [0.25, 0.3) is 0 Å². The van der Waals surface area contributed by atoms with Crippen molar-refractivity contribution < 1.29 is 14.9 Å². The first-order chi connectivity index (χ1) is 9.78. The minimum absolute atomic E-state index is 0.171. The van der Waals surface area contributed by atoms with Crippen molar-refractivity contribution in [2.75, 3.05) is 6.61 Å². The molecule has 0 amide bonds. The third-order valence-corrected chi connectivity index (χ3v) is 3.57. The number of ether oxygens (including phenoxy) is 1. The number of aromatic nitrogens is 1. The van der Waals surface area contributed by atoms with Gasteiger partial charge in [-0.05, 0) is 12.1 Å². The Labute approximate surface area is 117 Å². The number of hydrogen-bond acceptors (Lipinski definition) is 4. The summed E-state index contributed by atoms with van der Waals surface area (Å²) in [5.41, 5.74) is 2.72. The monoisotopic (exact) mass is 271 g/mol. The molecule has 4 nitrogen and oxygen atoms in total. The Balaban J connectivity index is 1.86. The van der Waals surface area contributed by atoms with E-state index >= 15 is 0 Å². The van der Waals surface area contributed by atoms with Crippen molar-refractivity contribution in [3.63, 3.8) is 0 Å². The zero-order chi connectivity index (χ0) is 13.9. The van der Waals surface area contributed by atoms with E-state index in [1.807, 2.05) is 48.5 Å². The fraction of sp³-hybridized carbons (Fsp3) is 0.312. The first kappa shape index (κ1) is 13.2. The Morgan fingerprint density at radius 1 is 1.10 bits per heavy atom. The van der Waals surface area contributed by atoms with Gasteiger partial charge in [-0.15, -0.1) is 0 Å². The predicted octanol–water partition coefficient (Wildman–Crippen LogP) is 1.93. The van der Waals surface area contributed by atoms with Crippen LogP contribution in [0.4, 0.5) is 0 Å². The summed E-state index contributed by atoms with van der Waals surface area (Å²) in [4.78, 5) is 4.61. The molecule has 1 fully saturated rings. The average Bonchev–Trinajstić information content (AvgIpc) is 2.89.